The van der Waals surface area contributed by atoms with E-state index in [9.17, 15) is 9.59 Å². The van der Waals surface area contributed by atoms with Crippen LogP contribution in [0.3, 0.4) is 0 Å². The van der Waals surface area contributed by atoms with Crippen LogP contribution in [-0.2, 0) is 0 Å². The molecule has 0 aliphatic heterocycles. The molecule has 2 N–H and O–H groups in total. The van der Waals surface area contributed by atoms with E-state index >= 15 is 0 Å². The molecule has 0 aliphatic rings. The lowest BCUT2D eigenvalue weighted by Gasteiger charge is -1.97. The van der Waals surface area contributed by atoms with Crippen molar-refractivity contribution < 1.29 is 0 Å². The second kappa shape index (κ2) is 2.07. The standard InChI is InChI=1S/C8H6N2O2/c9-5-3-1-2-4-6(5)10-7(11)8(10)12/h1-4H,9H2. The van der Waals surface area contributed by atoms with E-state index in [1.807, 2.05) is 0 Å². The molecule has 4 heteroatoms. The molecule has 0 radical (unpaired) electrons. The number of nitrogen functional groups attached to an aromatic ring is 1. The van der Waals surface area contributed by atoms with Crippen molar-refractivity contribution in [1.82, 2.24) is 4.57 Å². The van der Waals surface area contributed by atoms with Gasteiger partial charge in [-0.1, -0.05) is 12.1 Å². The number of nitrogens with two attached hydrogens (primary N) is 1. The zero-order valence-corrected chi connectivity index (χ0v) is 6.15. The van der Waals surface area contributed by atoms with E-state index < -0.39 is 11.1 Å². The Hall–Kier alpha value is -1.84. The smallest absolute Gasteiger partial charge is 0.324 e. The minimum Gasteiger partial charge on any atom is -0.397 e. The molecule has 0 saturated carbocycles. The quantitative estimate of drug-likeness (QED) is 0.460. The Bertz CT molecular complexity index is 466. The van der Waals surface area contributed by atoms with Gasteiger partial charge in [-0.05, 0) is 12.1 Å². The summed E-state index contributed by atoms with van der Waals surface area (Å²) in [6.07, 6.45) is 0. The number of anilines is 1. The first-order valence-corrected chi connectivity index (χ1v) is 3.45. The lowest BCUT2D eigenvalue weighted by Crippen LogP contribution is -1.97. The summed E-state index contributed by atoms with van der Waals surface area (Å²) < 4.78 is 1.05. The van der Waals surface area contributed by atoms with E-state index in [2.05, 4.69) is 0 Å². The van der Waals surface area contributed by atoms with Crippen LogP contribution in [0, 0.1) is 0 Å². The number of benzene rings is 1. The second-order valence-corrected chi connectivity index (χ2v) is 2.50. The summed E-state index contributed by atoms with van der Waals surface area (Å²) in [7, 11) is 0. The summed E-state index contributed by atoms with van der Waals surface area (Å²) in [5.41, 5.74) is 5.48. The van der Waals surface area contributed by atoms with Crippen molar-refractivity contribution in [2.45, 2.75) is 0 Å². The Morgan fingerprint density at radius 3 is 2.17 bits per heavy atom. The minimum absolute atomic E-state index is 0.441. The van der Waals surface area contributed by atoms with Crippen LogP contribution in [0.15, 0.2) is 33.9 Å². The Kier molecular flexibility index (Phi) is 1.18. The fourth-order valence-corrected chi connectivity index (χ4v) is 1.04. The van der Waals surface area contributed by atoms with Crippen molar-refractivity contribution in [2.75, 3.05) is 5.73 Å². The maximum Gasteiger partial charge on any atom is 0.324 e. The molecule has 0 unspecified atom stereocenters. The fraction of sp³-hybridized carbons (Fsp3) is 0. The first kappa shape index (κ1) is 6.84. The van der Waals surface area contributed by atoms with Gasteiger partial charge in [0.25, 0.3) is 0 Å². The summed E-state index contributed by atoms with van der Waals surface area (Å²) in [5.74, 6) is 0. The van der Waals surface area contributed by atoms with Crippen LogP contribution in [0.4, 0.5) is 5.69 Å². The number of aromatic nitrogens is 1. The normalized spacial score (nSPS) is 10.7. The number of hydrogen-bond acceptors (Lipinski definition) is 3. The van der Waals surface area contributed by atoms with Gasteiger partial charge >= 0.3 is 11.1 Å². The second-order valence-electron chi connectivity index (χ2n) is 2.50. The van der Waals surface area contributed by atoms with Gasteiger partial charge in [0, 0.05) is 0 Å². The highest BCUT2D eigenvalue weighted by Crippen LogP contribution is 2.12. The van der Waals surface area contributed by atoms with Crippen LogP contribution < -0.4 is 16.9 Å². The van der Waals surface area contributed by atoms with Crippen LogP contribution in [0.5, 0.6) is 0 Å². The highest BCUT2D eigenvalue weighted by Gasteiger charge is 2.18. The van der Waals surface area contributed by atoms with Gasteiger partial charge in [0.2, 0.25) is 0 Å². The van der Waals surface area contributed by atoms with Gasteiger partial charge in [0.15, 0.2) is 0 Å². The summed E-state index contributed by atoms with van der Waals surface area (Å²) in [6, 6.07) is 6.76. The zero-order valence-electron chi connectivity index (χ0n) is 6.15. The maximum absolute atomic E-state index is 10.7. The van der Waals surface area contributed by atoms with Crippen molar-refractivity contribution in [1.29, 1.82) is 0 Å². The molecule has 0 atom stereocenters. The number of rotatable bonds is 1. The summed E-state index contributed by atoms with van der Waals surface area (Å²) in [5, 5.41) is 0. The van der Waals surface area contributed by atoms with Gasteiger partial charge in [-0.15, -0.1) is 0 Å². The Morgan fingerprint density at radius 2 is 1.67 bits per heavy atom. The van der Waals surface area contributed by atoms with Gasteiger partial charge in [0.1, 0.15) is 0 Å². The SMILES string of the molecule is Nc1ccccc1-n1c(=O)c1=O. The minimum atomic E-state index is -0.493. The lowest BCUT2D eigenvalue weighted by molar-refractivity contribution is 1.17. The van der Waals surface area contributed by atoms with E-state index in [1.54, 1.807) is 24.3 Å². The highest BCUT2D eigenvalue weighted by atomic mass is 16.2. The van der Waals surface area contributed by atoms with Gasteiger partial charge in [-0.3, -0.25) is 9.59 Å². The van der Waals surface area contributed by atoms with E-state index in [-0.39, 0.29) is 0 Å². The Labute approximate surface area is 67.5 Å². The van der Waals surface area contributed by atoms with Crippen molar-refractivity contribution in [3.05, 3.63) is 45.0 Å². The van der Waals surface area contributed by atoms with E-state index in [1.165, 1.54) is 0 Å². The third kappa shape index (κ3) is 0.780. The predicted molar refractivity (Wildman–Crippen MR) is 45.1 cm³/mol. The molecule has 12 heavy (non-hydrogen) atoms. The van der Waals surface area contributed by atoms with Gasteiger partial charge < -0.3 is 5.73 Å². The van der Waals surface area contributed by atoms with Crippen molar-refractivity contribution in [3.8, 4) is 5.69 Å². The molecule has 4 nitrogen and oxygen atoms in total. The zero-order chi connectivity index (χ0) is 8.72. The first-order chi connectivity index (χ1) is 5.72. The molecular weight excluding hydrogens is 156 g/mol. The molecule has 1 heterocycles. The average molecular weight is 162 g/mol. The van der Waals surface area contributed by atoms with Crippen molar-refractivity contribution >= 4 is 5.69 Å². The molecule has 0 aliphatic carbocycles. The Morgan fingerprint density at radius 1 is 1.08 bits per heavy atom. The molecule has 0 fully saturated rings. The number of hydrogen-bond donors (Lipinski definition) is 1. The topological polar surface area (TPSA) is 65.1 Å². The fourth-order valence-electron chi connectivity index (χ4n) is 1.04. The third-order valence-electron chi connectivity index (χ3n) is 1.72. The van der Waals surface area contributed by atoms with E-state index in [4.69, 9.17) is 5.73 Å². The monoisotopic (exact) mass is 162 g/mol. The lowest BCUT2D eigenvalue weighted by atomic mass is 10.3. The molecule has 1 aromatic carbocycles. The van der Waals surface area contributed by atoms with Crippen LogP contribution >= 0.6 is 0 Å². The molecular formula is C8H6N2O2. The van der Waals surface area contributed by atoms with Crippen molar-refractivity contribution in [3.63, 3.8) is 0 Å². The van der Waals surface area contributed by atoms with Crippen LogP contribution in [0.25, 0.3) is 5.69 Å². The van der Waals surface area contributed by atoms with Crippen LogP contribution in [0.2, 0.25) is 0 Å². The maximum atomic E-state index is 10.7. The highest BCUT2D eigenvalue weighted by molar-refractivity contribution is 5.58. The third-order valence-corrected chi connectivity index (χ3v) is 1.72. The molecule has 2 rings (SSSR count). The number of nitrogens with zero attached hydrogens (tertiary/aromatic N) is 1. The molecule has 1 aromatic heterocycles. The summed E-state index contributed by atoms with van der Waals surface area (Å²) >= 11 is 0. The van der Waals surface area contributed by atoms with Crippen LogP contribution in [0.1, 0.15) is 0 Å². The van der Waals surface area contributed by atoms with Crippen LogP contribution in [-0.4, -0.2) is 4.57 Å². The average Bonchev–Trinajstić information content (AvgIpc) is 2.62. The summed E-state index contributed by atoms with van der Waals surface area (Å²) in [6.45, 7) is 0. The van der Waals surface area contributed by atoms with E-state index in [0.29, 0.717) is 11.4 Å². The number of para-hydroxylation sites is 2. The molecule has 0 bridgehead atoms. The largest absolute Gasteiger partial charge is 0.397 e. The van der Waals surface area contributed by atoms with Crippen molar-refractivity contribution in [2.24, 2.45) is 0 Å². The van der Waals surface area contributed by atoms with Gasteiger partial charge in [0.05, 0.1) is 11.4 Å². The summed E-state index contributed by atoms with van der Waals surface area (Å²) in [4.78, 5) is 21.4. The molecule has 60 valence electrons. The molecule has 2 aromatic rings. The Balaban J connectivity index is 2.64. The van der Waals surface area contributed by atoms with Gasteiger partial charge in [-0.25, -0.2) is 4.57 Å². The van der Waals surface area contributed by atoms with E-state index in [0.717, 1.165) is 4.57 Å². The predicted octanol–water partition coefficient (Wildman–Crippen LogP) is -0.345. The molecule has 0 saturated heterocycles. The first-order valence-electron chi connectivity index (χ1n) is 3.45. The molecule has 0 amide bonds. The van der Waals surface area contributed by atoms with Gasteiger partial charge in [-0.2, -0.15) is 0 Å². The molecule has 0 spiro atoms.